The van der Waals surface area contributed by atoms with E-state index in [2.05, 4.69) is 65.7 Å². The molecule has 1 aliphatic rings. The van der Waals surface area contributed by atoms with Gasteiger partial charge in [-0.05, 0) is 35.7 Å². The Morgan fingerprint density at radius 3 is 2.32 bits per heavy atom. The van der Waals surface area contributed by atoms with Gasteiger partial charge in [0.05, 0.1) is 0 Å². The van der Waals surface area contributed by atoms with E-state index in [4.69, 9.17) is 0 Å². The SMILES string of the molecule is Cc1cc(-c2ccccc2)ccc1N1CCNCC1. The Hall–Kier alpha value is -1.80. The molecule has 1 heterocycles. The van der Waals surface area contributed by atoms with Crippen LogP contribution in [-0.2, 0) is 0 Å². The average molecular weight is 252 g/mol. The lowest BCUT2D eigenvalue weighted by atomic mass is 10.0. The maximum Gasteiger partial charge on any atom is 0.0397 e. The predicted molar refractivity (Wildman–Crippen MR) is 81.7 cm³/mol. The van der Waals surface area contributed by atoms with Gasteiger partial charge >= 0.3 is 0 Å². The maximum absolute atomic E-state index is 3.40. The molecule has 1 fully saturated rings. The van der Waals surface area contributed by atoms with Crippen LogP contribution >= 0.6 is 0 Å². The van der Waals surface area contributed by atoms with Crippen molar-refractivity contribution in [3.05, 3.63) is 54.1 Å². The van der Waals surface area contributed by atoms with Crippen LogP contribution in [0, 0.1) is 6.92 Å². The molecule has 0 aliphatic carbocycles. The standard InChI is InChI=1S/C17H20N2/c1-14-13-16(15-5-3-2-4-6-15)7-8-17(14)19-11-9-18-10-12-19/h2-8,13,18H,9-12H2,1H3. The Bertz CT molecular complexity index is 542. The van der Waals surface area contributed by atoms with Crippen molar-refractivity contribution in [1.82, 2.24) is 5.32 Å². The number of rotatable bonds is 2. The van der Waals surface area contributed by atoms with Gasteiger partial charge in [-0.25, -0.2) is 0 Å². The maximum atomic E-state index is 3.40. The summed E-state index contributed by atoms with van der Waals surface area (Å²) in [5.74, 6) is 0. The van der Waals surface area contributed by atoms with Crippen LogP contribution < -0.4 is 10.2 Å². The molecule has 0 radical (unpaired) electrons. The first-order chi connectivity index (χ1) is 9.34. The second-order valence-corrected chi connectivity index (χ2v) is 5.10. The predicted octanol–water partition coefficient (Wildman–Crippen LogP) is 3.07. The van der Waals surface area contributed by atoms with E-state index in [1.165, 1.54) is 22.4 Å². The molecule has 0 saturated carbocycles. The first kappa shape index (κ1) is 12.2. The van der Waals surface area contributed by atoms with Crippen LogP contribution in [0.2, 0.25) is 0 Å². The van der Waals surface area contributed by atoms with Crippen LogP contribution in [0.1, 0.15) is 5.56 Å². The number of nitrogens with zero attached hydrogens (tertiary/aromatic N) is 1. The molecule has 98 valence electrons. The fraction of sp³-hybridized carbons (Fsp3) is 0.294. The molecule has 2 nitrogen and oxygen atoms in total. The average Bonchev–Trinajstić information content (AvgIpc) is 2.49. The molecule has 1 aliphatic heterocycles. The molecular formula is C17H20N2. The van der Waals surface area contributed by atoms with Crippen molar-refractivity contribution in [3.8, 4) is 11.1 Å². The smallest absolute Gasteiger partial charge is 0.0397 e. The normalized spacial score (nSPS) is 15.5. The zero-order chi connectivity index (χ0) is 13.1. The minimum absolute atomic E-state index is 1.08. The lowest BCUT2D eigenvalue weighted by Crippen LogP contribution is -2.43. The monoisotopic (exact) mass is 252 g/mol. The second kappa shape index (κ2) is 5.45. The van der Waals surface area contributed by atoms with Crippen LogP contribution in [0.5, 0.6) is 0 Å². The highest BCUT2D eigenvalue weighted by Crippen LogP contribution is 2.27. The van der Waals surface area contributed by atoms with Gasteiger partial charge in [-0.2, -0.15) is 0 Å². The molecule has 19 heavy (non-hydrogen) atoms. The molecule has 0 amide bonds. The van der Waals surface area contributed by atoms with Gasteiger partial charge in [0, 0.05) is 31.9 Å². The summed E-state index contributed by atoms with van der Waals surface area (Å²) in [4.78, 5) is 2.47. The van der Waals surface area contributed by atoms with E-state index in [0.29, 0.717) is 0 Å². The highest BCUT2D eigenvalue weighted by Gasteiger charge is 2.12. The van der Waals surface area contributed by atoms with Gasteiger partial charge < -0.3 is 10.2 Å². The van der Waals surface area contributed by atoms with Gasteiger partial charge in [0.25, 0.3) is 0 Å². The quantitative estimate of drug-likeness (QED) is 0.883. The van der Waals surface area contributed by atoms with E-state index in [1.54, 1.807) is 0 Å². The highest BCUT2D eigenvalue weighted by molar-refractivity contribution is 5.69. The summed E-state index contributed by atoms with van der Waals surface area (Å²) >= 11 is 0. The van der Waals surface area contributed by atoms with Gasteiger partial charge in [0.1, 0.15) is 0 Å². The van der Waals surface area contributed by atoms with E-state index >= 15 is 0 Å². The third-order valence-electron chi connectivity index (χ3n) is 3.76. The number of anilines is 1. The molecule has 3 rings (SSSR count). The third kappa shape index (κ3) is 2.64. The van der Waals surface area contributed by atoms with E-state index in [9.17, 15) is 0 Å². The Morgan fingerprint density at radius 2 is 1.63 bits per heavy atom. The van der Waals surface area contributed by atoms with Gasteiger partial charge in [-0.3, -0.25) is 0 Å². The van der Waals surface area contributed by atoms with Crippen molar-refractivity contribution in [2.45, 2.75) is 6.92 Å². The summed E-state index contributed by atoms with van der Waals surface area (Å²) in [6.45, 7) is 6.58. The number of piperazine rings is 1. The molecule has 2 heteroatoms. The minimum Gasteiger partial charge on any atom is -0.369 e. The molecule has 0 aromatic heterocycles. The van der Waals surface area contributed by atoms with Crippen LogP contribution in [0.4, 0.5) is 5.69 Å². The Balaban J connectivity index is 1.89. The second-order valence-electron chi connectivity index (χ2n) is 5.10. The van der Waals surface area contributed by atoms with Gasteiger partial charge in [0.2, 0.25) is 0 Å². The molecule has 2 aromatic carbocycles. The van der Waals surface area contributed by atoms with Crippen LogP contribution in [0.3, 0.4) is 0 Å². The summed E-state index contributed by atoms with van der Waals surface area (Å²) in [7, 11) is 0. The van der Waals surface area contributed by atoms with Crippen LogP contribution in [0.25, 0.3) is 11.1 Å². The minimum atomic E-state index is 1.08. The first-order valence-corrected chi connectivity index (χ1v) is 6.96. The molecule has 0 bridgehead atoms. The molecule has 2 aromatic rings. The summed E-state index contributed by atoms with van der Waals surface area (Å²) in [6, 6.07) is 17.4. The number of hydrogen-bond acceptors (Lipinski definition) is 2. The zero-order valence-electron chi connectivity index (χ0n) is 11.4. The largest absolute Gasteiger partial charge is 0.369 e. The van der Waals surface area contributed by atoms with Gasteiger partial charge in [-0.15, -0.1) is 0 Å². The van der Waals surface area contributed by atoms with E-state index in [0.717, 1.165) is 26.2 Å². The topological polar surface area (TPSA) is 15.3 Å². The zero-order valence-corrected chi connectivity index (χ0v) is 11.4. The van der Waals surface area contributed by atoms with Crippen molar-refractivity contribution in [1.29, 1.82) is 0 Å². The number of benzene rings is 2. The first-order valence-electron chi connectivity index (χ1n) is 6.96. The fourth-order valence-corrected chi connectivity index (χ4v) is 2.73. The van der Waals surface area contributed by atoms with Gasteiger partial charge in [-0.1, -0.05) is 36.4 Å². The third-order valence-corrected chi connectivity index (χ3v) is 3.76. The Morgan fingerprint density at radius 1 is 0.895 bits per heavy atom. The van der Waals surface area contributed by atoms with Crippen molar-refractivity contribution in [2.75, 3.05) is 31.1 Å². The Kier molecular flexibility index (Phi) is 3.51. The van der Waals surface area contributed by atoms with E-state index in [1.807, 2.05) is 0 Å². The summed E-state index contributed by atoms with van der Waals surface area (Å²) in [5, 5.41) is 3.40. The van der Waals surface area contributed by atoms with Crippen molar-refractivity contribution < 1.29 is 0 Å². The summed E-state index contributed by atoms with van der Waals surface area (Å²) in [5.41, 5.74) is 5.33. The molecule has 0 unspecified atom stereocenters. The summed E-state index contributed by atoms with van der Waals surface area (Å²) < 4.78 is 0. The molecular weight excluding hydrogens is 232 g/mol. The summed E-state index contributed by atoms with van der Waals surface area (Å²) in [6.07, 6.45) is 0. The van der Waals surface area contributed by atoms with Crippen LogP contribution in [-0.4, -0.2) is 26.2 Å². The van der Waals surface area contributed by atoms with Crippen molar-refractivity contribution in [3.63, 3.8) is 0 Å². The lowest BCUT2D eigenvalue weighted by molar-refractivity contribution is 0.588. The lowest BCUT2D eigenvalue weighted by Gasteiger charge is -2.31. The number of nitrogens with one attached hydrogen (secondary N) is 1. The molecule has 1 saturated heterocycles. The molecule has 1 N–H and O–H groups in total. The number of aryl methyl sites for hydroxylation is 1. The van der Waals surface area contributed by atoms with Crippen molar-refractivity contribution >= 4 is 5.69 Å². The molecule has 0 atom stereocenters. The Labute approximate surface area is 115 Å². The number of hydrogen-bond donors (Lipinski definition) is 1. The van der Waals surface area contributed by atoms with Crippen LogP contribution in [0.15, 0.2) is 48.5 Å². The fourth-order valence-electron chi connectivity index (χ4n) is 2.73. The van der Waals surface area contributed by atoms with E-state index in [-0.39, 0.29) is 0 Å². The molecule has 0 spiro atoms. The van der Waals surface area contributed by atoms with E-state index < -0.39 is 0 Å². The van der Waals surface area contributed by atoms with Gasteiger partial charge in [0.15, 0.2) is 0 Å². The highest BCUT2D eigenvalue weighted by atomic mass is 15.2. The van der Waals surface area contributed by atoms with Crippen molar-refractivity contribution in [2.24, 2.45) is 0 Å².